The topological polar surface area (TPSA) is 48.1 Å². The summed E-state index contributed by atoms with van der Waals surface area (Å²) in [7, 11) is 0. The molecule has 2 N–H and O–H groups in total. The Labute approximate surface area is 124 Å². The number of hydrogen-bond acceptors (Lipinski definition) is 3. The highest BCUT2D eigenvalue weighted by molar-refractivity contribution is 5.81. The van der Waals surface area contributed by atoms with Crippen molar-refractivity contribution in [2.75, 3.05) is 6.54 Å². The molecule has 3 aromatic rings. The summed E-state index contributed by atoms with van der Waals surface area (Å²) in [6, 6.07) is 18.3. The van der Waals surface area contributed by atoms with E-state index >= 15 is 0 Å². The highest BCUT2D eigenvalue weighted by Gasteiger charge is 2.03. The molecule has 0 aliphatic carbocycles. The number of rotatable bonds is 5. The minimum atomic E-state index is 0.514. The number of benzene rings is 2. The lowest BCUT2D eigenvalue weighted by atomic mass is 10.1. The molecular weight excluding hydrogens is 260 g/mol. The number of nitrogens with two attached hydrogens (primary N) is 1. The van der Waals surface area contributed by atoms with E-state index in [9.17, 15) is 0 Å². The van der Waals surface area contributed by atoms with Crippen LogP contribution >= 0.6 is 0 Å². The smallest absolute Gasteiger partial charge is 0.120 e. The summed E-state index contributed by atoms with van der Waals surface area (Å²) in [5, 5.41) is 1.13. The molecule has 1 heterocycles. The van der Waals surface area contributed by atoms with Crippen LogP contribution in [0.15, 0.2) is 60.8 Å². The Kier molecular flexibility index (Phi) is 4.12. The Balaban J connectivity index is 1.79. The summed E-state index contributed by atoms with van der Waals surface area (Å²) < 4.78 is 5.91. The molecule has 106 valence electrons. The summed E-state index contributed by atoms with van der Waals surface area (Å²) in [4.78, 5) is 4.44. The maximum Gasteiger partial charge on any atom is 0.120 e. The second-order valence-corrected chi connectivity index (χ2v) is 4.97. The second kappa shape index (κ2) is 6.37. The predicted octanol–water partition coefficient (Wildman–Crippen LogP) is 3.32. The molecule has 0 fully saturated rings. The third-order valence-electron chi connectivity index (χ3n) is 3.44. The van der Waals surface area contributed by atoms with Gasteiger partial charge in [0.1, 0.15) is 12.4 Å². The summed E-state index contributed by atoms with van der Waals surface area (Å²) in [6.07, 6.45) is 2.68. The highest BCUT2D eigenvalue weighted by atomic mass is 16.5. The SMILES string of the molecule is NCCc1cccc(OCc2cccc3cccnc23)c1. The second-order valence-electron chi connectivity index (χ2n) is 4.97. The number of para-hydroxylation sites is 1. The van der Waals surface area contributed by atoms with E-state index in [-0.39, 0.29) is 0 Å². The van der Waals surface area contributed by atoms with Crippen LogP contribution in [0, 0.1) is 0 Å². The molecular formula is C18H18N2O. The van der Waals surface area contributed by atoms with Gasteiger partial charge in [0.05, 0.1) is 5.52 Å². The van der Waals surface area contributed by atoms with Crippen LogP contribution in [0.2, 0.25) is 0 Å². The van der Waals surface area contributed by atoms with Gasteiger partial charge < -0.3 is 10.5 Å². The van der Waals surface area contributed by atoms with E-state index in [0.29, 0.717) is 13.2 Å². The van der Waals surface area contributed by atoms with Gasteiger partial charge in [-0.15, -0.1) is 0 Å². The van der Waals surface area contributed by atoms with E-state index in [2.05, 4.69) is 29.2 Å². The molecule has 21 heavy (non-hydrogen) atoms. The highest BCUT2D eigenvalue weighted by Crippen LogP contribution is 2.19. The maximum absolute atomic E-state index is 5.91. The van der Waals surface area contributed by atoms with Crippen LogP contribution in [-0.4, -0.2) is 11.5 Å². The first kappa shape index (κ1) is 13.6. The van der Waals surface area contributed by atoms with Crippen molar-refractivity contribution in [2.24, 2.45) is 5.73 Å². The van der Waals surface area contributed by atoms with Gasteiger partial charge in [-0.05, 0) is 36.7 Å². The van der Waals surface area contributed by atoms with Crippen molar-refractivity contribution in [1.82, 2.24) is 4.98 Å². The zero-order valence-electron chi connectivity index (χ0n) is 11.8. The lowest BCUT2D eigenvalue weighted by Crippen LogP contribution is -2.03. The summed E-state index contributed by atoms with van der Waals surface area (Å²) in [6.45, 7) is 1.16. The Hall–Kier alpha value is -2.39. The molecule has 0 aliphatic heterocycles. The van der Waals surface area contributed by atoms with E-state index in [1.165, 1.54) is 5.56 Å². The Morgan fingerprint density at radius 2 is 1.86 bits per heavy atom. The van der Waals surface area contributed by atoms with Crippen molar-refractivity contribution in [3.8, 4) is 5.75 Å². The third-order valence-corrected chi connectivity index (χ3v) is 3.44. The van der Waals surface area contributed by atoms with Gasteiger partial charge in [-0.25, -0.2) is 0 Å². The van der Waals surface area contributed by atoms with Crippen molar-refractivity contribution < 1.29 is 4.74 Å². The fraction of sp³-hybridized carbons (Fsp3) is 0.167. The Bertz CT molecular complexity index is 735. The van der Waals surface area contributed by atoms with Crippen LogP contribution < -0.4 is 10.5 Å². The van der Waals surface area contributed by atoms with Gasteiger partial charge >= 0.3 is 0 Å². The molecule has 0 saturated carbocycles. The number of aromatic nitrogens is 1. The normalized spacial score (nSPS) is 10.7. The van der Waals surface area contributed by atoms with Crippen LogP contribution in [0.4, 0.5) is 0 Å². The quantitative estimate of drug-likeness (QED) is 0.779. The average Bonchev–Trinajstić information content (AvgIpc) is 2.53. The van der Waals surface area contributed by atoms with Gasteiger partial charge in [0, 0.05) is 17.1 Å². The zero-order chi connectivity index (χ0) is 14.5. The van der Waals surface area contributed by atoms with E-state index < -0.39 is 0 Å². The first-order valence-electron chi connectivity index (χ1n) is 7.11. The minimum Gasteiger partial charge on any atom is -0.489 e. The molecule has 0 bridgehead atoms. The van der Waals surface area contributed by atoms with Crippen LogP contribution in [0.3, 0.4) is 0 Å². The zero-order valence-corrected chi connectivity index (χ0v) is 11.8. The van der Waals surface area contributed by atoms with Crippen molar-refractivity contribution in [1.29, 1.82) is 0 Å². The third kappa shape index (κ3) is 3.20. The monoisotopic (exact) mass is 278 g/mol. The molecule has 0 saturated heterocycles. The molecule has 0 amide bonds. The van der Waals surface area contributed by atoms with Crippen LogP contribution in [0.1, 0.15) is 11.1 Å². The standard InChI is InChI=1S/C18H18N2O/c19-10-9-14-4-1-8-17(12-14)21-13-16-6-2-5-15-7-3-11-20-18(15)16/h1-8,11-12H,9-10,13,19H2. The molecule has 0 radical (unpaired) electrons. The maximum atomic E-state index is 5.91. The lowest BCUT2D eigenvalue weighted by molar-refractivity contribution is 0.307. The molecule has 0 spiro atoms. The van der Waals surface area contributed by atoms with Gasteiger partial charge in [0.25, 0.3) is 0 Å². The van der Waals surface area contributed by atoms with Crippen LogP contribution in [-0.2, 0) is 13.0 Å². The van der Waals surface area contributed by atoms with Crippen molar-refractivity contribution in [2.45, 2.75) is 13.0 Å². The van der Waals surface area contributed by atoms with E-state index in [1.807, 2.05) is 36.5 Å². The molecule has 0 aliphatic rings. The number of pyridine rings is 1. The van der Waals surface area contributed by atoms with Gasteiger partial charge in [-0.1, -0.05) is 36.4 Å². The number of ether oxygens (including phenoxy) is 1. The van der Waals surface area contributed by atoms with Gasteiger partial charge in [-0.2, -0.15) is 0 Å². The van der Waals surface area contributed by atoms with Gasteiger partial charge in [0.15, 0.2) is 0 Å². The first-order valence-corrected chi connectivity index (χ1v) is 7.11. The Morgan fingerprint density at radius 1 is 1.00 bits per heavy atom. The largest absolute Gasteiger partial charge is 0.489 e. The van der Waals surface area contributed by atoms with E-state index in [4.69, 9.17) is 10.5 Å². The Morgan fingerprint density at radius 3 is 2.76 bits per heavy atom. The summed E-state index contributed by atoms with van der Waals surface area (Å²) >= 11 is 0. The molecule has 0 unspecified atom stereocenters. The molecule has 2 aromatic carbocycles. The minimum absolute atomic E-state index is 0.514. The first-order chi connectivity index (χ1) is 10.4. The lowest BCUT2D eigenvalue weighted by Gasteiger charge is -2.09. The molecule has 1 aromatic heterocycles. The van der Waals surface area contributed by atoms with Crippen LogP contribution in [0.25, 0.3) is 10.9 Å². The van der Waals surface area contributed by atoms with Gasteiger partial charge in [-0.3, -0.25) is 4.98 Å². The predicted molar refractivity (Wildman–Crippen MR) is 85.3 cm³/mol. The average molecular weight is 278 g/mol. The molecule has 0 atom stereocenters. The molecule has 3 nitrogen and oxygen atoms in total. The fourth-order valence-corrected chi connectivity index (χ4v) is 2.40. The van der Waals surface area contributed by atoms with Gasteiger partial charge in [0.2, 0.25) is 0 Å². The molecule has 3 heteroatoms. The summed E-state index contributed by atoms with van der Waals surface area (Å²) in [5.74, 6) is 0.869. The summed E-state index contributed by atoms with van der Waals surface area (Å²) in [5.41, 5.74) is 8.88. The van der Waals surface area contributed by atoms with Crippen LogP contribution in [0.5, 0.6) is 5.75 Å². The number of nitrogens with zero attached hydrogens (tertiary/aromatic N) is 1. The van der Waals surface area contributed by atoms with Crippen molar-refractivity contribution in [3.05, 3.63) is 71.9 Å². The number of hydrogen-bond donors (Lipinski definition) is 1. The fourth-order valence-electron chi connectivity index (χ4n) is 2.40. The van der Waals surface area contributed by atoms with E-state index in [1.54, 1.807) is 0 Å². The number of fused-ring (bicyclic) bond motifs is 1. The van der Waals surface area contributed by atoms with Crippen molar-refractivity contribution >= 4 is 10.9 Å². The van der Waals surface area contributed by atoms with E-state index in [0.717, 1.165) is 28.6 Å². The van der Waals surface area contributed by atoms with Crippen molar-refractivity contribution in [3.63, 3.8) is 0 Å². The molecule has 3 rings (SSSR count).